The van der Waals surface area contributed by atoms with Crippen molar-refractivity contribution < 1.29 is 24.0 Å². The predicted octanol–water partition coefficient (Wildman–Crippen LogP) is 2.83. The molecule has 0 aliphatic heterocycles. The second kappa shape index (κ2) is 9.09. The SMILES string of the molecule is CCOC(=O)CC(C[N+](=O)[O-])c1cc(Cl)cc(C(=O)OCC)c1. The Balaban J connectivity index is 3.11. The molecular formula is C15H18ClNO6. The summed E-state index contributed by atoms with van der Waals surface area (Å²) in [5.41, 5.74) is 0.608. The number of esters is 2. The van der Waals surface area contributed by atoms with E-state index in [4.69, 9.17) is 21.1 Å². The number of rotatable bonds is 8. The summed E-state index contributed by atoms with van der Waals surface area (Å²) in [6, 6.07) is 4.37. The van der Waals surface area contributed by atoms with Crippen molar-refractivity contribution in [3.8, 4) is 0 Å². The van der Waals surface area contributed by atoms with Gasteiger partial charge in [0.05, 0.1) is 31.1 Å². The zero-order chi connectivity index (χ0) is 17.4. The first kappa shape index (κ1) is 18.9. The number of ether oxygens (including phenoxy) is 2. The number of nitro groups is 1. The fourth-order valence-electron chi connectivity index (χ4n) is 2.07. The van der Waals surface area contributed by atoms with Gasteiger partial charge < -0.3 is 9.47 Å². The Morgan fingerprint density at radius 1 is 1.22 bits per heavy atom. The van der Waals surface area contributed by atoms with Crippen LogP contribution in [-0.4, -0.2) is 36.6 Å². The molecule has 7 nitrogen and oxygen atoms in total. The van der Waals surface area contributed by atoms with Crippen LogP contribution in [0.2, 0.25) is 5.02 Å². The maximum absolute atomic E-state index is 11.8. The van der Waals surface area contributed by atoms with Gasteiger partial charge in [-0.05, 0) is 37.6 Å². The van der Waals surface area contributed by atoms with E-state index in [1.54, 1.807) is 13.8 Å². The zero-order valence-corrected chi connectivity index (χ0v) is 13.7. The molecule has 1 atom stereocenters. The third kappa shape index (κ3) is 6.23. The van der Waals surface area contributed by atoms with Crippen LogP contribution in [-0.2, 0) is 14.3 Å². The Morgan fingerprint density at radius 2 is 1.87 bits per heavy atom. The van der Waals surface area contributed by atoms with E-state index in [1.807, 2.05) is 0 Å². The number of hydrogen-bond acceptors (Lipinski definition) is 6. The molecule has 1 aromatic rings. The van der Waals surface area contributed by atoms with Crippen molar-refractivity contribution in [3.05, 3.63) is 44.5 Å². The number of hydrogen-bond donors (Lipinski definition) is 0. The summed E-state index contributed by atoms with van der Waals surface area (Å²) < 4.78 is 9.73. The lowest BCUT2D eigenvalue weighted by molar-refractivity contribution is -0.483. The van der Waals surface area contributed by atoms with Gasteiger partial charge in [0, 0.05) is 9.95 Å². The summed E-state index contributed by atoms with van der Waals surface area (Å²) in [4.78, 5) is 33.8. The molecule has 0 bridgehead atoms. The summed E-state index contributed by atoms with van der Waals surface area (Å²) >= 11 is 5.98. The molecule has 0 radical (unpaired) electrons. The quantitative estimate of drug-likeness (QED) is 0.409. The first-order chi connectivity index (χ1) is 10.9. The summed E-state index contributed by atoms with van der Waals surface area (Å²) in [5.74, 6) is -1.86. The van der Waals surface area contributed by atoms with Crippen LogP contribution < -0.4 is 0 Å². The van der Waals surface area contributed by atoms with Gasteiger partial charge in [-0.15, -0.1) is 0 Å². The van der Waals surface area contributed by atoms with Crippen LogP contribution in [0, 0.1) is 10.1 Å². The number of carbonyl (C=O) groups is 2. The molecule has 1 rings (SSSR count). The van der Waals surface area contributed by atoms with Gasteiger partial charge in [0.25, 0.3) is 0 Å². The molecule has 126 valence electrons. The fraction of sp³-hybridized carbons (Fsp3) is 0.467. The van der Waals surface area contributed by atoms with Crippen LogP contribution in [0.15, 0.2) is 18.2 Å². The summed E-state index contributed by atoms with van der Waals surface area (Å²) in [5, 5.41) is 11.1. The van der Waals surface area contributed by atoms with Crippen LogP contribution >= 0.6 is 11.6 Å². The first-order valence-corrected chi connectivity index (χ1v) is 7.50. The fourth-order valence-corrected chi connectivity index (χ4v) is 2.31. The Labute approximate surface area is 138 Å². The molecule has 1 unspecified atom stereocenters. The lowest BCUT2D eigenvalue weighted by Gasteiger charge is -2.14. The number of halogens is 1. The monoisotopic (exact) mass is 343 g/mol. The smallest absolute Gasteiger partial charge is 0.338 e. The molecule has 0 N–H and O–H groups in total. The van der Waals surface area contributed by atoms with Gasteiger partial charge in [-0.2, -0.15) is 0 Å². The zero-order valence-electron chi connectivity index (χ0n) is 12.9. The first-order valence-electron chi connectivity index (χ1n) is 7.12. The average molecular weight is 344 g/mol. The molecule has 0 amide bonds. The van der Waals surface area contributed by atoms with Gasteiger partial charge in [0.1, 0.15) is 0 Å². The molecular weight excluding hydrogens is 326 g/mol. The highest BCUT2D eigenvalue weighted by Crippen LogP contribution is 2.26. The van der Waals surface area contributed by atoms with Crippen molar-refractivity contribution in [3.63, 3.8) is 0 Å². The maximum atomic E-state index is 11.8. The summed E-state index contributed by atoms with van der Waals surface area (Å²) in [6.45, 7) is 3.23. The van der Waals surface area contributed by atoms with E-state index in [0.29, 0.717) is 5.56 Å². The van der Waals surface area contributed by atoms with Crippen molar-refractivity contribution >= 4 is 23.5 Å². The van der Waals surface area contributed by atoms with Crippen molar-refractivity contribution in [2.45, 2.75) is 26.2 Å². The van der Waals surface area contributed by atoms with Gasteiger partial charge in [-0.25, -0.2) is 4.79 Å². The van der Waals surface area contributed by atoms with E-state index in [1.165, 1.54) is 18.2 Å². The largest absolute Gasteiger partial charge is 0.466 e. The highest BCUT2D eigenvalue weighted by molar-refractivity contribution is 6.31. The molecule has 0 heterocycles. The van der Waals surface area contributed by atoms with Crippen molar-refractivity contribution in [1.82, 2.24) is 0 Å². The molecule has 0 aliphatic rings. The average Bonchev–Trinajstić information content (AvgIpc) is 2.46. The van der Waals surface area contributed by atoms with E-state index < -0.39 is 29.3 Å². The minimum absolute atomic E-state index is 0.169. The van der Waals surface area contributed by atoms with E-state index in [9.17, 15) is 19.7 Å². The van der Waals surface area contributed by atoms with E-state index >= 15 is 0 Å². The van der Waals surface area contributed by atoms with Crippen molar-refractivity contribution in [2.75, 3.05) is 19.8 Å². The molecule has 23 heavy (non-hydrogen) atoms. The van der Waals surface area contributed by atoms with Gasteiger partial charge in [0.15, 0.2) is 0 Å². The van der Waals surface area contributed by atoms with Gasteiger partial charge in [0.2, 0.25) is 6.54 Å². The molecule has 1 aromatic carbocycles. The molecule has 0 saturated heterocycles. The van der Waals surface area contributed by atoms with Crippen molar-refractivity contribution in [1.29, 1.82) is 0 Å². The highest BCUT2D eigenvalue weighted by atomic mass is 35.5. The minimum atomic E-state index is -0.740. The van der Waals surface area contributed by atoms with Gasteiger partial charge in [-0.1, -0.05) is 11.6 Å². The third-order valence-electron chi connectivity index (χ3n) is 2.99. The molecule has 8 heteroatoms. The second-order valence-corrected chi connectivity index (χ2v) is 5.15. The number of carbonyl (C=O) groups excluding carboxylic acids is 2. The lowest BCUT2D eigenvalue weighted by Crippen LogP contribution is -2.18. The molecule has 0 aliphatic carbocycles. The third-order valence-corrected chi connectivity index (χ3v) is 3.21. The van der Waals surface area contributed by atoms with Crippen LogP contribution in [0.5, 0.6) is 0 Å². The molecule has 0 fully saturated rings. The van der Waals surface area contributed by atoms with Crippen LogP contribution in [0.1, 0.15) is 42.1 Å². The normalized spacial score (nSPS) is 11.6. The Kier molecular flexibility index (Phi) is 7.47. The summed E-state index contributed by atoms with van der Waals surface area (Å²) in [7, 11) is 0. The Hall–Kier alpha value is -2.15. The van der Waals surface area contributed by atoms with Gasteiger partial charge in [-0.3, -0.25) is 14.9 Å². The van der Waals surface area contributed by atoms with Crippen LogP contribution in [0.25, 0.3) is 0 Å². The van der Waals surface area contributed by atoms with Crippen LogP contribution in [0.4, 0.5) is 0 Å². The molecule has 0 aromatic heterocycles. The van der Waals surface area contributed by atoms with E-state index in [2.05, 4.69) is 0 Å². The maximum Gasteiger partial charge on any atom is 0.338 e. The van der Waals surface area contributed by atoms with E-state index in [-0.39, 0.29) is 30.2 Å². The number of nitrogens with zero attached hydrogens (tertiary/aromatic N) is 1. The Morgan fingerprint density at radius 3 is 2.43 bits per heavy atom. The topological polar surface area (TPSA) is 95.7 Å². The second-order valence-electron chi connectivity index (χ2n) is 4.72. The number of benzene rings is 1. The highest BCUT2D eigenvalue weighted by Gasteiger charge is 2.24. The minimum Gasteiger partial charge on any atom is -0.466 e. The van der Waals surface area contributed by atoms with Gasteiger partial charge >= 0.3 is 11.9 Å². The lowest BCUT2D eigenvalue weighted by atomic mass is 9.94. The van der Waals surface area contributed by atoms with Crippen LogP contribution in [0.3, 0.4) is 0 Å². The summed E-state index contributed by atoms with van der Waals surface area (Å²) in [6.07, 6.45) is -0.169. The van der Waals surface area contributed by atoms with E-state index in [0.717, 1.165) is 0 Å². The predicted molar refractivity (Wildman–Crippen MR) is 83.3 cm³/mol. The molecule has 0 saturated carbocycles. The standard InChI is InChI=1S/C15H18ClNO6/c1-3-22-14(18)8-12(9-17(20)21)10-5-11(7-13(16)6-10)15(19)23-4-2/h5-7,12H,3-4,8-9H2,1-2H3. The Bertz CT molecular complexity index is 589. The molecule has 0 spiro atoms. The van der Waals surface area contributed by atoms with Crippen molar-refractivity contribution in [2.24, 2.45) is 0 Å².